The molecule has 4 nitrogen and oxygen atoms in total. The lowest BCUT2D eigenvalue weighted by Crippen LogP contribution is -2.18. The zero-order valence-corrected chi connectivity index (χ0v) is 9.68. The van der Waals surface area contributed by atoms with Crippen LogP contribution in [0.1, 0.15) is 11.6 Å². The molecule has 0 amide bonds. The highest BCUT2D eigenvalue weighted by Gasteiger charge is 2.13. The third-order valence-corrected chi connectivity index (χ3v) is 2.70. The largest absolute Gasteiger partial charge is 0.334 e. The molecular formula is C12H14N4. The predicted molar refractivity (Wildman–Crippen MR) is 62.8 cm³/mol. The molecule has 1 unspecified atom stereocenters. The van der Waals surface area contributed by atoms with Gasteiger partial charge in [-0.15, -0.1) is 0 Å². The van der Waals surface area contributed by atoms with Crippen molar-refractivity contribution in [3.8, 4) is 6.07 Å². The quantitative estimate of drug-likeness (QED) is 0.764. The first kappa shape index (κ1) is 10.7. The minimum absolute atomic E-state index is 0.216. The maximum Gasteiger partial charge on any atom is 0.123 e. The summed E-state index contributed by atoms with van der Waals surface area (Å²) in [5.74, 6) is 0. The third-order valence-electron chi connectivity index (χ3n) is 2.70. The number of rotatable bonds is 2. The van der Waals surface area contributed by atoms with Crippen molar-refractivity contribution >= 4 is 11.0 Å². The van der Waals surface area contributed by atoms with Gasteiger partial charge in [-0.3, -0.25) is 4.90 Å². The standard InChI is InChI=1S/C12H14N4/c1-15(2)12(7-13)9-4-5-11-10(6-9)14-8-16(11)3/h4-6,8,12H,1-3H3. The van der Waals surface area contributed by atoms with Crippen molar-refractivity contribution < 1.29 is 0 Å². The second kappa shape index (κ2) is 3.95. The van der Waals surface area contributed by atoms with E-state index in [1.807, 2.05) is 48.8 Å². The van der Waals surface area contributed by atoms with Crippen molar-refractivity contribution in [2.45, 2.75) is 6.04 Å². The highest BCUT2D eigenvalue weighted by atomic mass is 15.1. The monoisotopic (exact) mass is 214 g/mol. The zero-order valence-electron chi connectivity index (χ0n) is 9.68. The first-order valence-corrected chi connectivity index (χ1v) is 5.10. The maximum atomic E-state index is 9.11. The molecule has 1 aromatic carbocycles. The van der Waals surface area contributed by atoms with Gasteiger partial charge in [-0.25, -0.2) is 4.98 Å². The Morgan fingerprint density at radius 2 is 2.19 bits per heavy atom. The van der Waals surface area contributed by atoms with Gasteiger partial charge in [0.05, 0.1) is 23.4 Å². The van der Waals surface area contributed by atoms with Crippen LogP contribution in [0.5, 0.6) is 0 Å². The van der Waals surface area contributed by atoms with Gasteiger partial charge in [0.25, 0.3) is 0 Å². The fourth-order valence-electron chi connectivity index (χ4n) is 1.81. The molecule has 1 aromatic heterocycles. The van der Waals surface area contributed by atoms with E-state index in [1.54, 1.807) is 6.33 Å². The number of aryl methyl sites for hydroxylation is 1. The topological polar surface area (TPSA) is 44.9 Å². The molecule has 1 heterocycles. The SMILES string of the molecule is CN(C)C(C#N)c1ccc2c(c1)ncn2C. The number of fused-ring (bicyclic) bond motifs is 1. The zero-order chi connectivity index (χ0) is 11.7. The van der Waals surface area contributed by atoms with Gasteiger partial charge in [-0.05, 0) is 31.8 Å². The van der Waals surface area contributed by atoms with Crippen molar-refractivity contribution in [1.29, 1.82) is 5.26 Å². The van der Waals surface area contributed by atoms with Gasteiger partial charge < -0.3 is 4.57 Å². The van der Waals surface area contributed by atoms with Crippen molar-refractivity contribution in [3.05, 3.63) is 30.1 Å². The summed E-state index contributed by atoms with van der Waals surface area (Å²) >= 11 is 0. The van der Waals surface area contributed by atoms with Crippen LogP contribution in [0.25, 0.3) is 11.0 Å². The first-order chi connectivity index (χ1) is 7.63. The van der Waals surface area contributed by atoms with Gasteiger partial charge in [0.1, 0.15) is 6.04 Å². The van der Waals surface area contributed by atoms with Crippen LogP contribution < -0.4 is 0 Å². The molecule has 4 heteroatoms. The fraction of sp³-hybridized carbons (Fsp3) is 0.333. The summed E-state index contributed by atoms with van der Waals surface area (Å²) in [7, 11) is 5.76. The van der Waals surface area contributed by atoms with Crippen LogP contribution in [0.3, 0.4) is 0 Å². The third kappa shape index (κ3) is 1.66. The molecule has 1 atom stereocenters. The van der Waals surface area contributed by atoms with Crippen LogP contribution in [-0.2, 0) is 7.05 Å². The fourth-order valence-corrected chi connectivity index (χ4v) is 1.81. The lowest BCUT2D eigenvalue weighted by atomic mass is 10.1. The molecular weight excluding hydrogens is 200 g/mol. The molecule has 16 heavy (non-hydrogen) atoms. The van der Waals surface area contributed by atoms with Gasteiger partial charge in [-0.2, -0.15) is 5.26 Å². The molecule has 0 bridgehead atoms. The average Bonchev–Trinajstić information content (AvgIpc) is 2.61. The molecule has 0 aliphatic rings. The number of nitriles is 1. The van der Waals surface area contributed by atoms with E-state index in [9.17, 15) is 0 Å². The van der Waals surface area contributed by atoms with Gasteiger partial charge >= 0.3 is 0 Å². The number of aromatic nitrogens is 2. The van der Waals surface area contributed by atoms with E-state index >= 15 is 0 Å². The number of hydrogen-bond acceptors (Lipinski definition) is 3. The Bertz CT molecular complexity index is 548. The molecule has 2 rings (SSSR count). The number of benzene rings is 1. The lowest BCUT2D eigenvalue weighted by Gasteiger charge is -2.17. The molecule has 0 saturated carbocycles. The van der Waals surface area contributed by atoms with Crippen molar-refractivity contribution in [2.75, 3.05) is 14.1 Å². The molecule has 82 valence electrons. The van der Waals surface area contributed by atoms with Gasteiger partial charge in [0, 0.05) is 7.05 Å². The van der Waals surface area contributed by atoms with Crippen LogP contribution in [0.4, 0.5) is 0 Å². The predicted octanol–water partition coefficient (Wildman–Crippen LogP) is 1.70. The second-order valence-corrected chi connectivity index (χ2v) is 4.10. The molecule has 0 saturated heterocycles. The Morgan fingerprint density at radius 1 is 1.44 bits per heavy atom. The smallest absolute Gasteiger partial charge is 0.123 e. The van der Waals surface area contributed by atoms with Gasteiger partial charge in [0.15, 0.2) is 0 Å². The van der Waals surface area contributed by atoms with E-state index in [4.69, 9.17) is 5.26 Å². The molecule has 0 N–H and O–H groups in total. The second-order valence-electron chi connectivity index (χ2n) is 4.10. The number of hydrogen-bond donors (Lipinski definition) is 0. The van der Waals surface area contributed by atoms with Crippen LogP contribution in [0.2, 0.25) is 0 Å². The van der Waals surface area contributed by atoms with Gasteiger partial charge in [0.2, 0.25) is 0 Å². The Balaban J connectivity index is 2.51. The summed E-state index contributed by atoms with van der Waals surface area (Å²) < 4.78 is 1.97. The van der Waals surface area contributed by atoms with E-state index in [-0.39, 0.29) is 6.04 Å². The molecule has 0 aliphatic carbocycles. The molecule has 0 radical (unpaired) electrons. The normalized spacial score (nSPS) is 12.9. The highest BCUT2D eigenvalue weighted by Crippen LogP contribution is 2.21. The average molecular weight is 214 g/mol. The summed E-state index contributed by atoms with van der Waals surface area (Å²) in [4.78, 5) is 6.18. The van der Waals surface area contributed by atoms with Crippen molar-refractivity contribution in [2.24, 2.45) is 7.05 Å². The summed E-state index contributed by atoms with van der Waals surface area (Å²) in [5.41, 5.74) is 3.00. The van der Waals surface area contributed by atoms with Crippen molar-refractivity contribution in [1.82, 2.24) is 14.5 Å². The summed E-state index contributed by atoms with van der Waals surface area (Å²) in [6.45, 7) is 0. The maximum absolute atomic E-state index is 9.11. The molecule has 0 fully saturated rings. The number of nitrogens with zero attached hydrogens (tertiary/aromatic N) is 4. The van der Waals surface area contributed by atoms with Crippen LogP contribution in [0.15, 0.2) is 24.5 Å². The Hall–Kier alpha value is -1.86. The van der Waals surface area contributed by atoms with E-state index in [0.29, 0.717) is 0 Å². The van der Waals surface area contributed by atoms with Crippen LogP contribution in [0, 0.1) is 11.3 Å². The lowest BCUT2D eigenvalue weighted by molar-refractivity contribution is 0.358. The minimum Gasteiger partial charge on any atom is -0.334 e. The molecule has 0 spiro atoms. The van der Waals surface area contributed by atoms with Crippen molar-refractivity contribution in [3.63, 3.8) is 0 Å². The van der Waals surface area contributed by atoms with E-state index < -0.39 is 0 Å². The number of imidazole rings is 1. The highest BCUT2D eigenvalue weighted by molar-refractivity contribution is 5.76. The Labute approximate surface area is 94.7 Å². The first-order valence-electron chi connectivity index (χ1n) is 5.10. The minimum atomic E-state index is -0.216. The van der Waals surface area contributed by atoms with E-state index in [0.717, 1.165) is 16.6 Å². The van der Waals surface area contributed by atoms with Gasteiger partial charge in [-0.1, -0.05) is 6.07 Å². The van der Waals surface area contributed by atoms with Crippen LogP contribution >= 0.6 is 0 Å². The van der Waals surface area contributed by atoms with Crippen LogP contribution in [-0.4, -0.2) is 28.5 Å². The van der Waals surface area contributed by atoms with E-state index in [1.165, 1.54) is 0 Å². The molecule has 2 aromatic rings. The molecule has 0 aliphatic heterocycles. The Morgan fingerprint density at radius 3 is 2.81 bits per heavy atom. The Kier molecular flexibility index (Phi) is 2.63. The summed E-state index contributed by atoms with van der Waals surface area (Å²) in [5, 5.41) is 9.11. The van der Waals surface area contributed by atoms with E-state index in [2.05, 4.69) is 11.1 Å². The summed E-state index contributed by atoms with van der Waals surface area (Å²) in [6, 6.07) is 8.03. The summed E-state index contributed by atoms with van der Waals surface area (Å²) in [6.07, 6.45) is 1.78.